The fraction of sp³-hybridized carbons (Fsp3) is 0.300. The Balaban J connectivity index is 1.49. The largest absolute Gasteiger partial charge is 0.381 e. The number of nitrogens with zero attached hydrogens (tertiary/aromatic N) is 1. The third-order valence-corrected chi connectivity index (χ3v) is 5.06. The Morgan fingerprint density at radius 1 is 0.909 bits per heavy atom. The third-order valence-electron chi connectivity index (χ3n) is 5.06. The number of likely N-dealkylation sites (tertiary alicyclic amines) is 1. The van der Waals surface area contributed by atoms with Crippen LogP contribution < -0.4 is 5.32 Å². The lowest BCUT2D eigenvalue weighted by molar-refractivity contribution is 0.138. The van der Waals surface area contributed by atoms with Crippen molar-refractivity contribution in [1.29, 1.82) is 0 Å². The Morgan fingerprint density at radius 3 is 2.45 bits per heavy atom. The fourth-order valence-electron chi connectivity index (χ4n) is 3.80. The fourth-order valence-corrected chi connectivity index (χ4v) is 3.80. The van der Waals surface area contributed by atoms with Crippen LogP contribution in [0.4, 0.5) is 0 Å². The van der Waals surface area contributed by atoms with E-state index in [2.05, 4.69) is 77.1 Å². The van der Waals surface area contributed by atoms with Gasteiger partial charge in [0.2, 0.25) is 0 Å². The van der Waals surface area contributed by atoms with Crippen molar-refractivity contribution < 1.29 is 0 Å². The number of benzene rings is 2. The summed E-state index contributed by atoms with van der Waals surface area (Å²) >= 11 is 0. The Kier molecular flexibility index (Phi) is 3.47. The van der Waals surface area contributed by atoms with Gasteiger partial charge in [-0.15, -0.1) is 0 Å². The van der Waals surface area contributed by atoms with Gasteiger partial charge in [0.05, 0.1) is 5.54 Å². The van der Waals surface area contributed by atoms with Crippen molar-refractivity contribution in [2.45, 2.75) is 24.9 Å². The maximum atomic E-state index is 3.67. The highest BCUT2D eigenvalue weighted by atomic mass is 15.2. The van der Waals surface area contributed by atoms with E-state index in [1.54, 1.807) is 0 Å². The van der Waals surface area contributed by atoms with Gasteiger partial charge in [-0.05, 0) is 41.8 Å². The summed E-state index contributed by atoms with van der Waals surface area (Å²) in [6.07, 6.45) is 6.66. The minimum absolute atomic E-state index is 0.137. The minimum Gasteiger partial charge on any atom is -0.381 e. The first-order valence-electron chi connectivity index (χ1n) is 8.16. The molecule has 0 aromatic heterocycles. The SMILES string of the molecule is C1=Cc2ccccc2C2(CCN(Cc3ccccc3)CC2)N1. The lowest BCUT2D eigenvalue weighted by atomic mass is 9.77. The number of hydrogen-bond donors (Lipinski definition) is 1. The van der Waals surface area contributed by atoms with Crippen LogP contribution in [0.1, 0.15) is 29.5 Å². The van der Waals surface area contributed by atoms with Gasteiger partial charge >= 0.3 is 0 Å². The second kappa shape index (κ2) is 5.62. The van der Waals surface area contributed by atoms with Crippen LogP contribution in [0.15, 0.2) is 60.8 Å². The normalized spacial score (nSPS) is 19.6. The average molecular weight is 290 g/mol. The van der Waals surface area contributed by atoms with Crippen molar-refractivity contribution in [2.75, 3.05) is 13.1 Å². The molecule has 1 saturated heterocycles. The van der Waals surface area contributed by atoms with Crippen molar-refractivity contribution in [2.24, 2.45) is 0 Å². The van der Waals surface area contributed by atoms with E-state index in [1.165, 1.54) is 29.5 Å². The molecule has 2 aromatic carbocycles. The summed E-state index contributed by atoms with van der Waals surface area (Å²) < 4.78 is 0. The van der Waals surface area contributed by atoms with Gasteiger partial charge in [-0.25, -0.2) is 0 Å². The van der Waals surface area contributed by atoms with E-state index in [9.17, 15) is 0 Å². The molecule has 2 nitrogen and oxygen atoms in total. The second-order valence-electron chi connectivity index (χ2n) is 6.41. The molecule has 0 amide bonds. The zero-order valence-electron chi connectivity index (χ0n) is 12.8. The first-order valence-corrected chi connectivity index (χ1v) is 8.16. The molecule has 0 bridgehead atoms. The van der Waals surface area contributed by atoms with E-state index < -0.39 is 0 Å². The Morgan fingerprint density at radius 2 is 1.64 bits per heavy atom. The predicted molar refractivity (Wildman–Crippen MR) is 91.2 cm³/mol. The number of piperidine rings is 1. The molecule has 4 rings (SSSR count). The van der Waals surface area contributed by atoms with Gasteiger partial charge in [-0.2, -0.15) is 0 Å². The average Bonchev–Trinajstić information content (AvgIpc) is 2.59. The van der Waals surface area contributed by atoms with E-state index in [4.69, 9.17) is 0 Å². The summed E-state index contributed by atoms with van der Waals surface area (Å²) in [5.41, 5.74) is 4.39. The first kappa shape index (κ1) is 13.6. The highest BCUT2D eigenvalue weighted by Crippen LogP contribution is 2.37. The third kappa shape index (κ3) is 2.44. The molecule has 0 aliphatic carbocycles. The molecule has 112 valence electrons. The lowest BCUT2D eigenvalue weighted by Crippen LogP contribution is -2.50. The van der Waals surface area contributed by atoms with E-state index in [0.717, 1.165) is 19.6 Å². The molecule has 1 spiro atoms. The van der Waals surface area contributed by atoms with Crippen LogP contribution in [0.5, 0.6) is 0 Å². The molecule has 2 aliphatic heterocycles. The van der Waals surface area contributed by atoms with E-state index >= 15 is 0 Å². The Labute approximate surface area is 132 Å². The summed E-state index contributed by atoms with van der Waals surface area (Å²) in [5.74, 6) is 0. The summed E-state index contributed by atoms with van der Waals surface area (Å²) in [6.45, 7) is 3.35. The molecule has 1 fully saturated rings. The number of rotatable bonds is 2. The number of fused-ring (bicyclic) bond motifs is 2. The summed E-state index contributed by atoms with van der Waals surface area (Å²) in [4.78, 5) is 2.57. The minimum atomic E-state index is 0.137. The standard InChI is InChI=1S/C20H22N2/c1-2-6-17(7-3-1)16-22-14-11-20(12-15-22)19-9-5-4-8-18(19)10-13-21-20/h1-10,13,21H,11-12,14-16H2. The zero-order chi connectivity index (χ0) is 14.8. The molecular formula is C20H22N2. The van der Waals surface area contributed by atoms with Gasteiger partial charge in [0.25, 0.3) is 0 Å². The summed E-state index contributed by atoms with van der Waals surface area (Å²) in [7, 11) is 0. The molecular weight excluding hydrogens is 268 g/mol. The van der Waals surface area contributed by atoms with Gasteiger partial charge in [0.15, 0.2) is 0 Å². The van der Waals surface area contributed by atoms with Gasteiger partial charge in [0.1, 0.15) is 0 Å². The topological polar surface area (TPSA) is 15.3 Å². The molecule has 0 unspecified atom stereocenters. The molecule has 2 aromatic rings. The number of hydrogen-bond acceptors (Lipinski definition) is 2. The maximum absolute atomic E-state index is 3.67. The van der Waals surface area contributed by atoms with Crippen LogP contribution in [0.25, 0.3) is 6.08 Å². The zero-order valence-corrected chi connectivity index (χ0v) is 12.8. The maximum Gasteiger partial charge on any atom is 0.0649 e. The van der Waals surface area contributed by atoms with Gasteiger partial charge in [-0.1, -0.05) is 54.6 Å². The Bertz CT molecular complexity index is 667. The molecule has 0 radical (unpaired) electrons. The number of nitrogens with one attached hydrogen (secondary N) is 1. The van der Waals surface area contributed by atoms with Crippen LogP contribution in [0, 0.1) is 0 Å². The molecule has 2 heteroatoms. The van der Waals surface area contributed by atoms with Crippen LogP contribution in [-0.2, 0) is 12.1 Å². The smallest absolute Gasteiger partial charge is 0.0649 e. The molecule has 0 saturated carbocycles. The van der Waals surface area contributed by atoms with E-state index in [0.29, 0.717) is 0 Å². The molecule has 2 heterocycles. The van der Waals surface area contributed by atoms with Crippen molar-refractivity contribution >= 4 is 6.08 Å². The highest BCUT2D eigenvalue weighted by Gasteiger charge is 2.37. The van der Waals surface area contributed by atoms with Gasteiger partial charge in [0, 0.05) is 19.6 Å². The first-order chi connectivity index (χ1) is 10.9. The van der Waals surface area contributed by atoms with Crippen LogP contribution in [0.2, 0.25) is 0 Å². The summed E-state index contributed by atoms with van der Waals surface area (Å²) in [5, 5.41) is 3.67. The van der Waals surface area contributed by atoms with Crippen molar-refractivity contribution in [3.8, 4) is 0 Å². The molecule has 2 aliphatic rings. The Hall–Kier alpha value is -2.06. The van der Waals surface area contributed by atoms with Crippen molar-refractivity contribution in [3.63, 3.8) is 0 Å². The highest BCUT2D eigenvalue weighted by molar-refractivity contribution is 5.58. The van der Waals surface area contributed by atoms with Crippen LogP contribution >= 0.6 is 0 Å². The van der Waals surface area contributed by atoms with Gasteiger partial charge < -0.3 is 5.32 Å². The summed E-state index contributed by atoms with van der Waals surface area (Å²) in [6, 6.07) is 19.6. The second-order valence-corrected chi connectivity index (χ2v) is 6.41. The monoisotopic (exact) mass is 290 g/mol. The molecule has 0 atom stereocenters. The lowest BCUT2D eigenvalue weighted by Gasteiger charge is -2.44. The van der Waals surface area contributed by atoms with Crippen molar-refractivity contribution in [3.05, 3.63) is 77.5 Å². The van der Waals surface area contributed by atoms with Crippen molar-refractivity contribution in [1.82, 2.24) is 10.2 Å². The molecule has 22 heavy (non-hydrogen) atoms. The van der Waals surface area contributed by atoms with E-state index in [-0.39, 0.29) is 5.54 Å². The van der Waals surface area contributed by atoms with Crippen LogP contribution in [-0.4, -0.2) is 18.0 Å². The van der Waals surface area contributed by atoms with E-state index in [1.807, 2.05) is 0 Å². The quantitative estimate of drug-likeness (QED) is 0.906. The predicted octanol–water partition coefficient (Wildman–Crippen LogP) is 3.75. The van der Waals surface area contributed by atoms with Gasteiger partial charge in [-0.3, -0.25) is 4.90 Å². The van der Waals surface area contributed by atoms with Crippen LogP contribution in [0.3, 0.4) is 0 Å². The molecule has 1 N–H and O–H groups in total.